The predicted molar refractivity (Wildman–Crippen MR) is 125 cm³/mol. The van der Waals surface area contributed by atoms with E-state index >= 15 is 0 Å². The first-order chi connectivity index (χ1) is 14.3. The van der Waals surface area contributed by atoms with Gasteiger partial charge in [-0.2, -0.15) is 5.26 Å². The van der Waals surface area contributed by atoms with Gasteiger partial charge in [-0.15, -0.1) is 12.4 Å². The van der Waals surface area contributed by atoms with Crippen molar-refractivity contribution in [1.82, 2.24) is 9.88 Å². The van der Waals surface area contributed by atoms with Gasteiger partial charge in [0.1, 0.15) is 5.82 Å². The van der Waals surface area contributed by atoms with Crippen LogP contribution >= 0.6 is 12.4 Å². The first-order valence-corrected chi connectivity index (χ1v) is 10.7. The van der Waals surface area contributed by atoms with Crippen molar-refractivity contribution in [3.05, 3.63) is 60.2 Å². The summed E-state index contributed by atoms with van der Waals surface area (Å²) in [5.74, 6) is 1.10. The molecule has 3 aromatic rings. The number of benzene rings is 2. The second kappa shape index (κ2) is 9.04. The normalized spacial score (nSPS) is 17.6. The fourth-order valence-corrected chi connectivity index (χ4v) is 4.49. The van der Waals surface area contributed by atoms with Gasteiger partial charge in [-0.3, -0.25) is 4.90 Å². The molecule has 0 radical (unpaired) electrons. The number of rotatable bonds is 3. The van der Waals surface area contributed by atoms with Gasteiger partial charge in [0.25, 0.3) is 0 Å². The van der Waals surface area contributed by atoms with Crippen LogP contribution in [0.4, 0.5) is 5.82 Å². The lowest BCUT2D eigenvalue weighted by Gasteiger charge is -2.36. The van der Waals surface area contributed by atoms with Gasteiger partial charge in [0, 0.05) is 37.6 Å². The topological polar surface area (TPSA) is 43.2 Å². The van der Waals surface area contributed by atoms with E-state index in [0.717, 1.165) is 53.5 Å². The van der Waals surface area contributed by atoms with Crippen molar-refractivity contribution in [2.75, 3.05) is 31.1 Å². The van der Waals surface area contributed by atoms with E-state index in [1.165, 1.54) is 32.2 Å². The SMILES string of the molecule is Cl.N#Cc1ccc(-c2ccc3nc(N4CCCN(C5CCC5)CC4)ccc3c2)cc1. The standard InChI is InChI=1S/C25H26N4.ClH/c26-18-19-5-7-20(8-6-19)21-9-11-24-22(17-21)10-12-25(27-24)29-14-2-13-28(15-16-29)23-3-1-4-23;/h5-12,17,23H,1-4,13-16H2;1H. The lowest BCUT2D eigenvalue weighted by molar-refractivity contribution is 0.136. The molecular weight excluding hydrogens is 392 g/mol. The number of aromatic nitrogens is 1. The Morgan fingerprint density at radius 1 is 0.833 bits per heavy atom. The fourth-order valence-electron chi connectivity index (χ4n) is 4.49. The molecule has 0 unspecified atom stereocenters. The molecular formula is C25H27ClN4. The minimum absolute atomic E-state index is 0. The highest BCUT2D eigenvalue weighted by Crippen LogP contribution is 2.28. The van der Waals surface area contributed by atoms with Crippen molar-refractivity contribution in [3.63, 3.8) is 0 Å². The van der Waals surface area contributed by atoms with Crippen LogP contribution in [0, 0.1) is 11.3 Å². The number of fused-ring (bicyclic) bond motifs is 1. The molecule has 5 heteroatoms. The summed E-state index contributed by atoms with van der Waals surface area (Å²) in [7, 11) is 0. The maximum absolute atomic E-state index is 8.98. The third-order valence-electron chi connectivity index (χ3n) is 6.47. The summed E-state index contributed by atoms with van der Waals surface area (Å²) in [6.07, 6.45) is 5.39. The Bertz CT molecular complexity index is 1050. The average Bonchev–Trinajstić information content (AvgIpc) is 2.98. The summed E-state index contributed by atoms with van der Waals surface area (Å²) in [6, 6.07) is 21.6. The quantitative estimate of drug-likeness (QED) is 0.581. The zero-order valence-corrected chi connectivity index (χ0v) is 17.9. The number of halogens is 1. The Balaban J connectivity index is 0.00000218. The molecule has 0 atom stereocenters. The maximum Gasteiger partial charge on any atom is 0.129 e. The van der Waals surface area contributed by atoms with E-state index in [0.29, 0.717) is 5.56 Å². The van der Waals surface area contributed by atoms with Crippen molar-refractivity contribution in [1.29, 1.82) is 5.26 Å². The Morgan fingerprint density at radius 3 is 2.37 bits per heavy atom. The summed E-state index contributed by atoms with van der Waals surface area (Å²) >= 11 is 0. The third kappa shape index (κ3) is 4.14. The first-order valence-electron chi connectivity index (χ1n) is 10.7. The van der Waals surface area contributed by atoms with E-state index in [1.807, 2.05) is 24.3 Å². The number of nitrogens with zero attached hydrogens (tertiary/aromatic N) is 4. The van der Waals surface area contributed by atoms with Gasteiger partial charge in [-0.05, 0) is 66.8 Å². The van der Waals surface area contributed by atoms with Gasteiger partial charge < -0.3 is 4.90 Å². The van der Waals surface area contributed by atoms with Crippen LogP contribution in [0.3, 0.4) is 0 Å². The van der Waals surface area contributed by atoms with Gasteiger partial charge in [0.2, 0.25) is 0 Å². The molecule has 1 saturated heterocycles. The molecule has 2 heterocycles. The van der Waals surface area contributed by atoms with E-state index in [4.69, 9.17) is 10.2 Å². The van der Waals surface area contributed by atoms with Crippen molar-refractivity contribution < 1.29 is 0 Å². The van der Waals surface area contributed by atoms with Crippen LogP contribution in [-0.4, -0.2) is 42.1 Å². The Hall–Kier alpha value is -2.61. The molecule has 1 saturated carbocycles. The molecule has 5 rings (SSSR count). The molecule has 1 aliphatic heterocycles. The zero-order valence-electron chi connectivity index (χ0n) is 17.1. The summed E-state index contributed by atoms with van der Waals surface area (Å²) in [5.41, 5.74) is 4.01. The van der Waals surface area contributed by atoms with Crippen LogP contribution in [0.25, 0.3) is 22.0 Å². The first kappa shape index (κ1) is 20.7. The van der Waals surface area contributed by atoms with Crippen molar-refractivity contribution >= 4 is 29.1 Å². The highest BCUT2D eigenvalue weighted by Gasteiger charge is 2.26. The van der Waals surface area contributed by atoms with Crippen molar-refractivity contribution in [2.45, 2.75) is 31.7 Å². The maximum atomic E-state index is 8.98. The molecule has 1 aliphatic carbocycles. The highest BCUT2D eigenvalue weighted by atomic mass is 35.5. The van der Waals surface area contributed by atoms with Crippen molar-refractivity contribution in [3.8, 4) is 17.2 Å². The fraction of sp³-hybridized carbons (Fsp3) is 0.360. The van der Waals surface area contributed by atoms with Crippen LogP contribution in [0.5, 0.6) is 0 Å². The molecule has 0 amide bonds. The molecule has 1 aromatic heterocycles. The van der Waals surface area contributed by atoms with Crippen LogP contribution in [0.15, 0.2) is 54.6 Å². The smallest absolute Gasteiger partial charge is 0.129 e. The zero-order chi connectivity index (χ0) is 19.6. The third-order valence-corrected chi connectivity index (χ3v) is 6.47. The van der Waals surface area contributed by atoms with Gasteiger partial charge in [0.05, 0.1) is 17.1 Å². The van der Waals surface area contributed by atoms with Gasteiger partial charge in [-0.1, -0.05) is 24.6 Å². The summed E-state index contributed by atoms with van der Waals surface area (Å²) in [6.45, 7) is 4.54. The monoisotopic (exact) mass is 418 g/mol. The molecule has 0 bridgehead atoms. The Morgan fingerprint density at radius 2 is 1.63 bits per heavy atom. The van der Waals surface area contributed by atoms with Crippen LogP contribution in [0.1, 0.15) is 31.2 Å². The van der Waals surface area contributed by atoms with Gasteiger partial charge in [-0.25, -0.2) is 4.98 Å². The summed E-state index contributed by atoms with van der Waals surface area (Å²) in [4.78, 5) is 10.1. The molecule has 30 heavy (non-hydrogen) atoms. The lowest BCUT2D eigenvalue weighted by Crippen LogP contribution is -2.42. The molecule has 4 nitrogen and oxygen atoms in total. The van der Waals surface area contributed by atoms with E-state index in [9.17, 15) is 0 Å². The number of anilines is 1. The second-order valence-electron chi connectivity index (χ2n) is 8.23. The molecule has 2 fully saturated rings. The predicted octanol–water partition coefficient (Wildman–Crippen LogP) is 5.26. The summed E-state index contributed by atoms with van der Waals surface area (Å²) < 4.78 is 0. The molecule has 2 aromatic carbocycles. The molecule has 0 N–H and O–H groups in total. The largest absolute Gasteiger partial charge is 0.355 e. The molecule has 154 valence electrons. The van der Waals surface area contributed by atoms with E-state index in [2.05, 4.69) is 46.2 Å². The number of hydrogen-bond acceptors (Lipinski definition) is 4. The number of pyridine rings is 1. The van der Waals surface area contributed by atoms with Gasteiger partial charge in [0.15, 0.2) is 0 Å². The van der Waals surface area contributed by atoms with Crippen LogP contribution in [-0.2, 0) is 0 Å². The van der Waals surface area contributed by atoms with Crippen molar-refractivity contribution in [2.24, 2.45) is 0 Å². The summed E-state index contributed by atoms with van der Waals surface area (Å²) in [5, 5.41) is 10.1. The highest BCUT2D eigenvalue weighted by molar-refractivity contribution is 5.86. The van der Waals surface area contributed by atoms with Gasteiger partial charge >= 0.3 is 0 Å². The van der Waals surface area contributed by atoms with Crippen LogP contribution < -0.4 is 4.90 Å². The number of nitriles is 1. The molecule has 2 aliphatic rings. The van der Waals surface area contributed by atoms with Crippen LogP contribution in [0.2, 0.25) is 0 Å². The van der Waals surface area contributed by atoms with E-state index in [-0.39, 0.29) is 12.4 Å². The number of hydrogen-bond donors (Lipinski definition) is 0. The Labute approximate surface area is 184 Å². The van der Waals surface area contributed by atoms with E-state index in [1.54, 1.807) is 0 Å². The second-order valence-corrected chi connectivity index (χ2v) is 8.23. The average molecular weight is 419 g/mol. The minimum Gasteiger partial charge on any atom is -0.355 e. The Kier molecular flexibility index (Phi) is 6.22. The lowest BCUT2D eigenvalue weighted by atomic mass is 9.91. The molecule has 0 spiro atoms. The van der Waals surface area contributed by atoms with E-state index < -0.39 is 0 Å². The minimum atomic E-state index is 0.